The summed E-state index contributed by atoms with van der Waals surface area (Å²) in [6.45, 7) is 0.413. The highest BCUT2D eigenvalue weighted by molar-refractivity contribution is 6.10. The molecular formula is C20H15F6N3O3. The van der Waals surface area contributed by atoms with Crippen molar-refractivity contribution in [3.05, 3.63) is 65.2 Å². The molecule has 2 aromatic rings. The first kappa shape index (κ1) is 23.1. The van der Waals surface area contributed by atoms with Gasteiger partial charge in [0, 0.05) is 5.69 Å². The standard InChI is InChI=1S/C20H15F6N3O3/c1-18(12-3-2-4-13(9-12)20(24,25)26)16(31)29(17(32)28-18)10-15(30)27-14-7-5-11(6-8-14)19(21,22)23/h2-9H,10H2,1H3,(H,27,30)(H,28,32). The predicted octanol–water partition coefficient (Wildman–Crippen LogP) is 4.13. The molecule has 170 valence electrons. The number of nitrogens with zero attached hydrogens (tertiary/aromatic N) is 1. The van der Waals surface area contributed by atoms with Crippen LogP contribution < -0.4 is 10.6 Å². The second-order valence-corrected chi connectivity index (χ2v) is 7.15. The maximum atomic E-state index is 13.0. The van der Waals surface area contributed by atoms with Gasteiger partial charge in [0.05, 0.1) is 11.1 Å². The van der Waals surface area contributed by atoms with Crippen LogP contribution >= 0.6 is 0 Å². The maximum Gasteiger partial charge on any atom is 0.416 e. The van der Waals surface area contributed by atoms with E-state index in [1.165, 1.54) is 13.0 Å². The van der Waals surface area contributed by atoms with E-state index in [9.17, 15) is 40.7 Å². The van der Waals surface area contributed by atoms with Crippen molar-refractivity contribution in [1.82, 2.24) is 10.2 Å². The Balaban J connectivity index is 1.74. The number of amides is 4. The Bertz CT molecular complexity index is 1070. The lowest BCUT2D eigenvalue weighted by atomic mass is 9.90. The van der Waals surface area contributed by atoms with Crippen molar-refractivity contribution < 1.29 is 40.7 Å². The molecular weight excluding hydrogens is 444 g/mol. The van der Waals surface area contributed by atoms with E-state index in [1.54, 1.807) is 0 Å². The van der Waals surface area contributed by atoms with E-state index < -0.39 is 53.4 Å². The SMILES string of the molecule is CC1(c2cccc(C(F)(F)F)c2)NC(=O)N(CC(=O)Nc2ccc(C(F)(F)F)cc2)C1=O. The first-order valence-corrected chi connectivity index (χ1v) is 9.01. The molecule has 2 aromatic carbocycles. The molecule has 1 atom stereocenters. The summed E-state index contributed by atoms with van der Waals surface area (Å²) < 4.78 is 76.8. The molecule has 0 aromatic heterocycles. The molecule has 1 unspecified atom stereocenters. The number of urea groups is 1. The van der Waals surface area contributed by atoms with Crippen molar-refractivity contribution in [3.63, 3.8) is 0 Å². The van der Waals surface area contributed by atoms with Gasteiger partial charge in [-0.2, -0.15) is 26.3 Å². The van der Waals surface area contributed by atoms with Crippen molar-refractivity contribution in [1.29, 1.82) is 0 Å². The zero-order valence-electron chi connectivity index (χ0n) is 16.3. The van der Waals surface area contributed by atoms with Crippen LogP contribution in [0.3, 0.4) is 0 Å². The average molecular weight is 459 g/mol. The summed E-state index contributed by atoms with van der Waals surface area (Å²) in [5.74, 6) is -1.84. The summed E-state index contributed by atoms with van der Waals surface area (Å²) in [4.78, 5) is 37.8. The Morgan fingerprint density at radius 1 is 0.969 bits per heavy atom. The highest BCUT2D eigenvalue weighted by Crippen LogP contribution is 2.34. The van der Waals surface area contributed by atoms with Crippen LogP contribution in [0.2, 0.25) is 0 Å². The zero-order chi connectivity index (χ0) is 23.9. The van der Waals surface area contributed by atoms with Crippen LogP contribution in [-0.4, -0.2) is 29.3 Å². The largest absolute Gasteiger partial charge is 0.416 e. The van der Waals surface area contributed by atoms with Gasteiger partial charge in [-0.15, -0.1) is 0 Å². The Morgan fingerprint density at radius 2 is 1.56 bits per heavy atom. The van der Waals surface area contributed by atoms with Gasteiger partial charge in [0.25, 0.3) is 5.91 Å². The Hall–Kier alpha value is -3.57. The fourth-order valence-corrected chi connectivity index (χ4v) is 3.13. The first-order chi connectivity index (χ1) is 14.7. The van der Waals surface area contributed by atoms with E-state index in [-0.39, 0.29) is 11.3 Å². The van der Waals surface area contributed by atoms with Crippen molar-refractivity contribution in [3.8, 4) is 0 Å². The van der Waals surface area contributed by atoms with Crippen LogP contribution in [0, 0.1) is 0 Å². The third-order valence-electron chi connectivity index (χ3n) is 4.84. The molecule has 0 radical (unpaired) electrons. The average Bonchev–Trinajstić information content (AvgIpc) is 2.91. The molecule has 0 bridgehead atoms. The van der Waals surface area contributed by atoms with Gasteiger partial charge in [-0.3, -0.25) is 14.5 Å². The van der Waals surface area contributed by atoms with Gasteiger partial charge in [0.2, 0.25) is 5.91 Å². The number of carbonyl (C=O) groups excluding carboxylic acids is 3. The van der Waals surface area contributed by atoms with Gasteiger partial charge in [0.1, 0.15) is 12.1 Å². The molecule has 0 saturated carbocycles. The van der Waals surface area contributed by atoms with Gasteiger partial charge >= 0.3 is 18.4 Å². The summed E-state index contributed by atoms with van der Waals surface area (Å²) >= 11 is 0. The summed E-state index contributed by atoms with van der Waals surface area (Å²) in [7, 11) is 0. The molecule has 0 spiro atoms. The predicted molar refractivity (Wildman–Crippen MR) is 99.1 cm³/mol. The lowest BCUT2D eigenvalue weighted by molar-refractivity contribution is -0.138. The van der Waals surface area contributed by atoms with Gasteiger partial charge < -0.3 is 10.6 Å². The van der Waals surface area contributed by atoms with Crippen LogP contribution in [-0.2, 0) is 27.5 Å². The van der Waals surface area contributed by atoms with Gasteiger partial charge in [-0.25, -0.2) is 4.79 Å². The number of carbonyl (C=O) groups is 3. The lowest BCUT2D eigenvalue weighted by Crippen LogP contribution is -2.42. The fourth-order valence-electron chi connectivity index (χ4n) is 3.13. The Kier molecular flexibility index (Phi) is 5.66. The van der Waals surface area contributed by atoms with Crippen LogP contribution in [0.15, 0.2) is 48.5 Å². The van der Waals surface area contributed by atoms with E-state index in [0.717, 1.165) is 42.5 Å². The summed E-state index contributed by atoms with van der Waals surface area (Å²) in [5.41, 5.74) is -3.92. The number of benzene rings is 2. The van der Waals surface area contributed by atoms with Crippen LogP contribution in [0.1, 0.15) is 23.6 Å². The van der Waals surface area contributed by atoms with Crippen LogP contribution in [0.25, 0.3) is 0 Å². The van der Waals surface area contributed by atoms with Crippen molar-refractivity contribution in [2.75, 3.05) is 11.9 Å². The highest BCUT2D eigenvalue weighted by atomic mass is 19.4. The number of hydrogen-bond acceptors (Lipinski definition) is 3. The third-order valence-corrected chi connectivity index (χ3v) is 4.84. The van der Waals surface area contributed by atoms with E-state index >= 15 is 0 Å². The Labute approximate surface area is 177 Å². The van der Waals surface area contributed by atoms with Gasteiger partial charge in [-0.05, 0) is 48.9 Å². The van der Waals surface area contributed by atoms with Crippen molar-refractivity contribution in [2.24, 2.45) is 0 Å². The number of anilines is 1. The maximum absolute atomic E-state index is 13.0. The number of rotatable bonds is 4. The molecule has 6 nitrogen and oxygen atoms in total. The molecule has 2 N–H and O–H groups in total. The molecule has 1 aliphatic heterocycles. The second kappa shape index (κ2) is 7.84. The molecule has 12 heteroatoms. The van der Waals surface area contributed by atoms with E-state index in [0.29, 0.717) is 4.90 Å². The summed E-state index contributed by atoms with van der Waals surface area (Å²) in [6.07, 6.45) is -9.23. The first-order valence-electron chi connectivity index (χ1n) is 9.01. The van der Waals surface area contributed by atoms with Crippen LogP contribution in [0.4, 0.5) is 36.8 Å². The molecule has 0 aliphatic carbocycles. The lowest BCUT2D eigenvalue weighted by Gasteiger charge is -2.23. The number of halogens is 6. The number of alkyl halides is 6. The third kappa shape index (κ3) is 4.53. The molecule has 1 saturated heterocycles. The minimum atomic E-state index is -4.67. The van der Waals surface area contributed by atoms with Crippen molar-refractivity contribution in [2.45, 2.75) is 24.8 Å². The minimum Gasteiger partial charge on any atom is -0.325 e. The summed E-state index contributed by atoms with van der Waals surface area (Å²) in [6, 6.07) is 6.34. The smallest absolute Gasteiger partial charge is 0.325 e. The zero-order valence-corrected chi connectivity index (χ0v) is 16.3. The van der Waals surface area contributed by atoms with E-state index in [1.807, 2.05) is 0 Å². The monoisotopic (exact) mass is 459 g/mol. The normalized spacial score (nSPS) is 19.2. The van der Waals surface area contributed by atoms with E-state index in [2.05, 4.69) is 10.6 Å². The topological polar surface area (TPSA) is 78.5 Å². The molecule has 32 heavy (non-hydrogen) atoms. The number of nitrogens with one attached hydrogen (secondary N) is 2. The fraction of sp³-hybridized carbons (Fsp3) is 0.250. The van der Waals surface area contributed by atoms with Crippen molar-refractivity contribution >= 4 is 23.5 Å². The summed E-state index contributed by atoms with van der Waals surface area (Å²) in [5, 5.41) is 4.54. The minimum absolute atomic E-state index is 0.00399. The van der Waals surface area contributed by atoms with Gasteiger partial charge in [-0.1, -0.05) is 12.1 Å². The molecule has 1 fully saturated rings. The van der Waals surface area contributed by atoms with Crippen LogP contribution in [0.5, 0.6) is 0 Å². The van der Waals surface area contributed by atoms with Gasteiger partial charge in [0.15, 0.2) is 0 Å². The molecule has 4 amide bonds. The number of hydrogen-bond donors (Lipinski definition) is 2. The van der Waals surface area contributed by atoms with E-state index in [4.69, 9.17) is 0 Å². The number of imide groups is 1. The molecule has 1 aliphatic rings. The molecule has 1 heterocycles. The quantitative estimate of drug-likeness (QED) is 0.533. The second-order valence-electron chi connectivity index (χ2n) is 7.15. The highest BCUT2D eigenvalue weighted by Gasteiger charge is 2.50. The molecule has 3 rings (SSSR count). The Morgan fingerprint density at radius 3 is 2.12 bits per heavy atom.